The first-order chi connectivity index (χ1) is 14.8. The number of allylic oxidation sites excluding steroid dienone is 2. The van der Waals surface area contributed by atoms with Gasteiger partial charge in [-0.05, 0) is 36.0 Å². The summed E-state index contributed by atoms with van der Waals surface area (Å²) in [6.07, 6.45) is 2.64. The lowest BCUT2D eigenvalue weighted by atomic mass is 9.79. The summed E-state index contributed by atoms with van der Waals surface area (Å²) in [6, 6.07) is 5.65. The third kappa shape index (κ3) is 3.02. The predicted molar refractivity (Wildman–Crippen MR) is 106 cm³/mol. The first-order valence-electron chi connectivity index (χ1n) is 10.1. The number of carboxylic acids is 1. The molecule has 0 bridgehead atoms. The Balaban J connectivity index is 1.37. The second-order valence-corrected chi connectivity index (χ2v) is 8.30. The minimum Gasteiger partial charge on any atom is -0.477 e. The molecule has 160 valence electrons. The number of carbonyl (C=O) groups is 3. The zero-order valence-electron chi connectivity index (χ0n) is 16.5. The van der Waals surface area contributed by atoms with Crippen LogP contribution < -0.4 is 5.32 Å². The van der Waals surface area contributed by atoms with Gasteiger partial charge in [0, 0.05) is 37.3 Å². The molecular formula is C21H20N4O6. The van der Waals surface area contributed by atoms with Crippen LogP contribution in [0.4, 0.5) is 5.69 Å². The van der Waals surface area contributed by atoms with Crippen molar-refractivity contribution in [3.05, 3.63) is 62.9 Å². The molecule has 31 heavy (non-hydrogen) atoms. The van der Waals surface area contributed by atoms with Crippen molar-refractivity contribution in [2.45, 2.75) is 31.5 Å². The number of amides is 2. The van der Waals surface area contributed by atoms with Gasteiger partial charge in [0.15, 0.2) is 0 Å². The molecule has 10 heteroatoms. The van der Waals surface area contributed by atoms with E-state index in [9.17, 15) is 29.6 Å². The first kappa shape index (κ1) is 19.4. The Morgan fingerprint density at radius 3 is 2.71 bits per heavy atom. The maximum atomic E-state index is 12.9. The lowest BCUT2D eigenvalue weighted by Gasteiger charge is -2.48. The zero-order valence-corrected chi connectivity index (χ0v) is 16.5. The molecule has 2 unspecified atom stereocenters. The fraction of sp³-hybridized carbons (Fsp3) is 0.381. The van der Waals surface area contributed by atoms with Gasteiger partial charge in [-0.3, -0.25) is 24.6 Å². The summed E-state index contributed by atoms with van der Waals surface area (Å²) in [5, 5.41) is 23.7. The van der Waals surface area contributed by atoms with E-state index in [-0.39, 0.29) is 41.2 Å². The van der Waals surface area contributed by atoms with Crippen LogP contribution in [0.2, 0.25) is 0 Å². The number of nitrogens with zero attached hydrogens (tertiary/aromatic N) is 3. The van der Waals surface area contributed by atoms with Gasteiger partial charge >= 0.3 is 5.97 Å². The average molecular weight is 424 g/mol. The van der Waals surface area contributed by atoms with Gasteiger partial charge in [-0.15, -0.1) is 0 Å². The van der Waals surface area contributed by atoms with Crippen molar-refractivity contribution in [2.24, 2.45) is 5.92 Å². The van der Waals surface area contributed by atoms with Crippen LogP contribution >= 0.6 is 0 Å². The molecule has 2 amide bonds. The summed E-state index contributed by atoms with van der Waals surface area (Å²) in [5.41, 5.74) is 1.79. The number of benzene rings is 1. The molecule has 0 aliphatic carbocycles. The summed E-state index contributed by atoms with van der Waals surface area (Å²) in [5.74, 6) is -1.42. The normalized spacial score (nSPS) is 28.3. The Morgan fingerprint density at radius 1 is 1.29 bits per heavy atom. The van der Waals surface area contributed by atoms with Gasteiger partial charge in [-0.2, -0.15) is 0 Å². The van der Waals surface area contributed by atoms with Gasteiger partial charge in [-0.25, -0.2) is 4.79 Å². The highest BCUT2D eigenvalue weighted by Crippen LogP contribution is 2.44. The third-order valence-electron chi connectivity index (χ3n) is 6.54. The molecule has 1 aromatic carbocycles. The highest BCUT2D eigenvalue weighted by atomic mass is 16.6. The minimum absolute atomic E-state index is 0.00925. The monoisotopic (exact) mass is 424 g/mol. The van der Waals surface area contributed by atoms with Crippen molar-refractivity contribution in [3.8, 4) is 0 Å². The number of rotatable bonds is 5. The van der Waals surface area contributed by atoms with Crippen LogP contribution in [0, 0.1) is 16.0 Å². The molecule has 0 aromatic heterocycles. The number of nitro benzene ring substituents is 1. The third-order valence-corrected chi connectivity index (χ3v) is 6.54. The highest BCUT2D eigenvalue weighted by molar-refractivity contribution is 6.02. The Kier molecular flexibility index (Phi) is 4.40. The molecule has 2 N–H and O–H groups in total. The van der Waals surface area contributed by atoms with Crippen LogP contribution in [0.25, 0.3) is 0 Å². The molecule has 3 saturated heterocycles. The van der Waals surface area contributed by atoms with Gasteiger partial charge in [0.1, 0.15) is 11.7 Å². The van der Waals surface area contributed by atoms with E-state index in [1.54, 1.807) is 23.1 Å². The number of nitrogens with one attached hydrogen (secondary N) is 1. The Labute approximate surface area is 177 Å². The topological polar surface area (TPSA) is 133 Å². The lowest BCUT2D eigenvalue weighted by Crippen LogP contribution is -2.68. The van der Waals surface area contributed by atoms with E-state index < -0.39 is 10.9 Å². The molecule has 3 atom stereocenters. The van der Waals surface area contributed by atoms with Crippen LogP contribution in [0.15, 0.2) is 47.2 Å². The number of hydrogen-bond donors (Lipinski definition) is 2. The van der Waals surface area contributed by atoms with E-state index in [0.717, 1.165) is 5.56 Å². The summed E-state index contributed by atoms with van der Waals surface area (Å²) < 4.78 is 0. The van der Waals surface area contributed by atoms with E-state index in [2.05, 4.69) is 5.32 Å². The summed E-state index contributed by atoms with van der Waals surface area (Å²) >= 11 is 0. The quantitative estimate of drug-likeness (QED) is 0.309. The van der Waals surface area contributed by atoms with Gasteiger partial charge < -0.3 is 15.3 Å². The smallest absolute Gasteiger partial charge is 0.352 e. The van der Waals surface area contributed by atoms with E-state index in [0.29, 0.717) is 43.6 Å². The Bertz CT molecular complexity index is 1080. The highest BCUT2D eigenvalue weighted by Gasteiger charge is 2.59. The summed E-state index contributed by atoms with van der Waals surface area (Å²) in [7, 11) is 0. The second kappa shape index (κ2) is 7.02. The fourth-order valence-corrected chi connectivity index (χ4v) is 5.06. The number of hydrogen-bond acceptors (Lipinski definition) is 6. The molecule has 1 aromatic rings. The SMILES string of the molecule is O=C(O)C1=C(/C=C2\CCN(Cc3ccc([N+](=O)[O-])cc3)C2=O)CC2CNC3C(=O)N1[C@H]23. The van der Waals surface area contributed by atoms with Crippen molar-refractivity contribution in [2.75, 3.05) is 13.1 Å². The number of carboxylic acid groups (broad SMARTS) is 1. The van der Waals surface area contributed by atoms with Crippen molar-refractivity contribution in [3.63, 3.8) is 0 Å². The van der Waals surface area contributed by atoms with Crippen molar-refractivity contribution in [1.82, 2.24) is 15.1 Å². The molecule has 5 rings (SSSR count). The fourth-order valence-electron chi connectivity index (χ4n) is 5.06. The Hall–Kier alpha value is -3.53. The standard InChI is InChI=1S/C21H20N4O6/c26-19-12(5-6-23(19)10-11-1-3-15(4-2-11)25(30)31)7-13-8-14-9-22-16-17(14)24(20(16)27)18(13)21(28)29/h1-4,7,14,16-17,22H,5-6,8-10H2,(H,28,29)/b12-7+/t14?,16?,17-/m1/s1. The van der Waals surface area contributed by atoms with Crippen LogP contribution in [0.3, 0.4) is 0 Å². The second-order valence-electron chi connectivity index (χ2n) is 8.30. The van der Waals surface area contributed by atoms with Gasteiger partial charge in [-0.1, -0.05) is 12.1 Å². The van der Waals surface area contributed by atoms with E-state index >= 15 is 0 Å². The largest absolute Gasteiger partial charge is 0.477 e. The van der Waals surface area contributed by atoms with Gasteiger partial charge in [0.25, 0.3) is 5.69 Å². The average Bonchev–Trinajstić information content (AvgIpc) is 3.30. The number of aliphatic carboxylic acids is 1. The van der Waals surface area contributed by atoms with Gasteiger partial charge in [0.2, 0.25) is 11.8 Å². The van der Waals surface area contributed by atoms with E-state index in [1.165, 1.54) is 17.0 Å². The maximum absolute atomic E-state index is 12.9. The van der Waals surface area contributed by atoms with Crippen LogP contribution in [0.5, 0.6) is 0 Å². The first-order valence-corrected chi connectivity index (χ1v) is 10.1. The van der Waals surface area contributed by atoms with Crippen LogP contribution in [-0.4, -0.2) is 62.8 Å². The molecule has 10 nitrogen and oxygen atoms in total. The molecule has 4 aliphatic heterocycles. The minimum atomic E-state index is -1.16. The molecule has 0 spiro atoms. The Morgan fingerprint density at radius 2 is 2.03 bits per heavy atom. The van der Waals surface area contributed by atoms with E-state index in [1.807, 2.05) is 0 Å². The predicted octanol–water partition coefficient (Wildman–Crippen LogP) is 0.795. The van der Waals surface area contributed by atoms with Gasteiger partial charge in [0.05, 0.1) is 11.0 Å². The van der Waals surface area contributed by atoms with Crippen molar-refractivity contribution in [1.29, 1.82) is 0 Å². The molecule has 4 aliphatic rings. The number of β-lactam (4-membered cyclic amide) rings is 1. The lowest BCUT2D eigenvalue weighted by molar-refractivity contribution is -0.384. The number of carbonyl (C=O) groups excluding carboxylic acids is 2. The summed E-state index contributed by atoms with van der Waals surface area (Å²) in [4.78, 5) is 50.5. The van der Waals surface area contributed by atoms with Crippen LogP contribution in [0.1, 0.15) is 18.4 Å². The number of nitro groups is 1. The molecule has 0 radical (unpaired) electrons. The zero-order chi connectivity index (χ0) is 21.9. The van der Waals surface area contributed by atoms with Crippen molar-refractivity contribution >= 4 is 23.5 Å². The molecule has 3 fully saturated rings. The van der Waals surface area contributed by atoms with E-state index in [4.69, 9.17) is 0 Å². The number of non-ortho nitro benzene ring substituents is 1. The molecule has 4 heterocycles. The number of likely N-dealkylation sites (tertiary alicyclic amines) is 1. The summed E-state index contributed by atoms with van der Waals surface area (Å²) in [6.45, 7) is 1.45. The van der Waals surface area contributed by atoms with Crippen LogP contribution in [-0.2, 0) is 20.9 Å². The maximum Gasteiger partial charge on any atom is 0.352 e. The molecular weight excluding hydrogens is 404 g/mol. The van der Waals surface area contributed by atoms with Crippen molar-refractivity contribution < 1.29 is 24.4 Å². The molecule has 0 saturated carbocycles.